The number of nitrogens with zero attached hydrogens (tertiary/aromatic N) is 1. The fraction of sp³-hybridized carbons (Fsp3) is 0.0938. The first-order valence-electron chi connectivity index (χ1n) is 13.0. The summed E-state index contributed by atoms with van der Waals surface area (Å²) in [5.41, 5.74) is -3.16. The molecule has 0 aliphatic rings. The van der Waals surface area contributed by atoms with Gasteiger partial charge in [-0.05, 0) is 89.8 Å². The molecule has 1 N–H and O–H groups in total. The number of halogens is 7. The van der Waals surface area contributed by atoms with Gasteiger partial charge in [-0.25, -0.2) is 14.0 Å². The normalized spacial score (nSPS) is 11.8. The Morgan fingerprint density at radius 1 is 0.696 bits per heavy atom. The smallest absolute Gasteiger partial charge is 0.416 e. The lowest BCUT2D eigenvalue weighted by Gasteiger charge is -2.13. The Kier molecular flexibility index (Phi) is 8.41. The van der Waals surface area contributed by atoms with Gasteiger partial charge in [-0.15, -0.1) is 0 Å². The van der Waals surface area contributed by atoms with E-state index in [9.17, 15) is 45.8 Å². The molecule has 7 nitrogen and oxygen atoms in total. The van der Waals surface area contributed by atoms with E-state index < -0.39 is 59.2 Å². The van der Waals surface area contributed by atoms with Crippen molar-refractivity contribution in [2.75, 3.05) is 0 Å². The number of rotatable bonds is 6. The van der Waals surface area contributed by atoms with Crippen LogP contribution in [0.3, 0.4) is 0 Å². The molecule has 0 radical (unpaired) electrons. The summed E-state index contributed by atoms with van der Waals surface area (Å²) in [5.74, 6) is -4.24. The molecule has 0 unspecified atom stereocenters. The monoisotopic (exact) mass is 645 g/mol. The van der Waals surface area contributed by atoms with Crippen LogP contribution in [0.1, 0.15) is 37.4 Å². The number of fused-ring (bicyclic) bond motifs is 1. The number of hydrogen-bond acceptors (Lipinski definition) is 6. The quantitative estimate of drug-likeness (QED) is 0.120. The summed E-state index contributed by atoms with van der Waals surface area (Å²) in [6.45, 7) is -0.512. The molecule has 0 aliphatic carbocycles. The van der Waals surface area contributed by atoms with Crippen molar-refractivity contribution in [3.8, 4) is 17.2 Å². The summed E-state index contributed by atoms with van der Waals surface area (Å²) in [7, 11) is 0. The highest BCUT2D eigenvalue weighted by Gasteiger charge is 2.31. The zero-order valence-electron chi connectivity index (χ0n) is 22.9. The molecule has 5 rings (SSSR count). The van der Waals surface area contributed by atoms with Gasteiger partial charge in [-0.1, -0.05) is 0 Å². The molecule has 0 spiro atoms. The molecule has 5 aromatic rings. The lowest BCUT2D eigenvalue weighted by atomic mass is 10.1. The molecule has 14 heteroatoms. The van der Waals surface area contributed by atoms with Crippen LogP contribution >= 0.6 is 0 Å². The Balaban J connectivity index is 1.44. The van der Waals surface area contributed by atoms with Gasteiger partial charge in [0, 0.05) is 12.3 Å². The van der Waals surface area contributed by atoms with Crippen molar-refractivity contribution < 1.29 is 54.9 Å². The number of esters is 2. The van der Waals surface area contributed by atoms with Crippen molar-refractivity contribution in [1.82, 2.24) is 4.57 Å². The fourth-order valence-corrected chi connectivity index (χ4v) is 4.41. The van der Waals surface area contributed by atoms with Gasteiger partial charge in [0.25, 0.3) is 5.56 Å². The number of pyridine rings is 1. The number of aromatic nitrogens is 1. The Hall–Kier alpha value is -5.50. The molecule has 0 saturated heterocycles. The van der Waals surface area contributed by atoms with E-state index in [2.05, 4.69) is 0 Å². The van der Waals surface area contributed by atoms with E-state index in [4.69, 9.17) is 9.47 Å². The lowest BCUT2D eigenvalue weighted by Crippen LogP contribution is -2.20. The van der Waals surface area contributed by atoms with Crippen LogP contribution in [0, 0.1) is 5.82 Å². The molecule has 46 heavy (non-hydrogen) atoms. The van der Waals surface area contributed by atoms with Crippen LogP contribution < -0.4 is 15.0 Å². The topological polar surface area (TPSA) is 94.8 Å². The number of carbonyl (C=O) groups is 2. The van der Waals surface area contributed by atoms with Crippen LogP contribution in [0.15, 0.2) is 95.9 Å². The maximum Gasteiger partial charge on any atom is 0.416 e. The molecule has 4 aromatic carbocycles. The van der Waals surface area contributed by atoms with E-state index in [1.165, 1.54) is 30.5 Å². The summed E-state index contributed by atoms with van der Waals surface area (Å²) in [4.78, 5) is 38.8. The molecule has 0 fully saturated rings. The predicted molar refractivity (Wildman–Crippen MR) is 148 cm³/mol. The number of aliphatic hydroxyl groups is 1. The highest BCUT2D eigenvalue weighted by atomic mass is 19.4. The largest absolute Gasteiger partial charge is 0.422 e. The minimum Gasteiger partial charge on any atom is -0.422 e. The second-order valence-electron chi connectivity index (χ2n) is 9.75. The molecule has 0 aliphatic heterocycles. The zero-order valence-corrected chi connectivity index (χ0v) is 22.9. The minimum absolute atomic E-state index is 0.0648. The molecule has 0 amide bonds. The van der Waals surface area contributed by atoms with Gasteiger partial charge < -0.3 is 14.6 Å². The second-order valence-corrected chi connectivity index (χ2v) is 9.75. The van der Waals surface area contributed by atoms with Crippen LogP contribution in [0.25, 0.3) is 16.5 Å². The Morgan fingerprint density at radius 2 is 1.22 bits per heavy atom. The fourth-order valence-electron chi connectivity index (χ4n) is 4.41. The first-order valence-corrected chi connectivity index (χ1v) is 13.0. The number of benzene rings is 4. The maximum atomic E-state index is 15.0. The lowest BCUT2D eigenvalue weighted by molar-refractivity contribution is -0.138. The minimum atomic E-state index is -4.63. The van der Waals surface area contributed by atoms with Crippen LogP contribution in [-0.2, 0) is 19.0 Å². The van der Waals surface area contributed by atoms with Crippen LogP contribution in [0.5, 0.6) is 11.5 Å². The number of carbonyl (C=O) groups excluding carboxylic acids is 2. The van der Waals surface area contributed by atoms with Crippen molar-refractivity contribution >= 4 is 22.7 Å². The van der Waals surface area contributed by atoms with Gasteiger partial charge in [0.1, 0.15) is 5.75 Å². The number of alkyl halides is 6. The Morgan fingerprint density at radius 3 is 1.70 bits per heavy atom. The van der Waals surface area contributed by atoms with Crippen molar-refractivity contribution in [2.24, 2.45) is 0 Å². The first-order chi connectivity index (χ1) is 21.7. The van der Waals surface area contributed by atoms with Gasteiger partial charge in [0.15, 0.2) is 11.6 Å². The summed E-state index contributed by atoms with van der Waals surface area (Å²) < 4.78 is 103. The third kappa shape index (κ3) is 6.61. The van der Waals surface area contributed by atoms with Crippen LogP contribution in [0.2, 0.25) is 0 Å². The maximum absolute atomic E-state index is 15.0. The average molecular weight is 645 g/mol. The summed E-state index contributed by atoms with van der Waals surface area (Å²) in [6.07, 6.45) is -8.00. The van der Waals surface area contributed by atoms with Gasteiger partial charge >= 0.3 is 24.3 Å². The average Bonchev–Trinajstić information content (AvgIpc) is 3.01. The van der Waals surface area contributed by atoms with Crippen molar-refractivity contribution in [1.29, 1.82) is 0 Å². The molecule has 0 atom stereocenters. The molecule has 236 valence electrons. The Labute approximate surface area is 253 Å². The van der Waals surface area contributed by atoms with E-state index >= 15 is 4.39 Å². The SMILES string of the molecule is O=C(Oc1ccc(-n2ccc3cc(CO)cc(OC(=O)c4ccc(C(F)(F)F)cc4)c3c2=O)cc1F)c1ccc(C(F)(F)F)cc1. The summed E-state index contributed by atoms with van der Waals surface area (Å²) in [5, 5.41) is 9.70. The van der Waals surface area contributed by atoms with E-state index in [0.29, 0.717) is 24.3 Å². The standard InChI is InChI=1S/C32H18F7NO6/c33-24-15-23(9-10-25(24)45-29(43)18-1-5-21(6-2-18)31(34,35)36)40-12-11-20-13-17(16-41)14-26(27(20)28(40)42)46-30(44)19-3-7-22(8-4-19)32(37,38)39/h1-15,41H,16H2. The third-order valence-electron chi connectivity index (χ3n) is 6.71. The molecule has 0 bridgehead atoms. The van der Waals surface area contributed by atoms with Gasteiger partial charge in [-0.2, -0.15) is 26.3 Å². The van der Waals surface area contributed by atoms with E-state index in [0.717, 1.165) is 41.0 Å². The highest BCUT2D eigenvalue weighted by Crippen LogP contribution is 2.32. The molecule has 0 saturated carbocycles. The number of ether oxygens (including phenoxy) is 2. The number of hydrogen-bond donors (Lipinski definition) is 1. The Bertz CT molecular complexity index is 2020. The van der Waals surface area contributed by atoms with E-state index in [1.807, 2.05) is 0 Å². The van der Waals surface area contributed by atoms with E-state index in [-0.39, 0.29) is 38.9 Å². The zero-order chi connectivity index (χ0) is 33.4. The van der Waals surface area contributed by atoms with Crippen molar-refractivity contribution in [2.45, 2.75) is 19.0 Å². The summed E-state index contributed by atoms with van der Waals surface area (Å²) >= 11 is 0. The van der Waals surface area contributed by atoms with Crippen LogP contribution in [-0.4, -0.2) is 21.6 Å². The summed E-state index contributed by atoms with van der Waals surface area (Å²) in [6, 6.07) is 13.4. The number of aliphatic hydroxyl groups excluding tert-OH is 1. The van der Waals surface area contributed by atoms with Crippen molar-refractivity contribution in [3.05, 3.63) is 135 Å². The van der Waals surface area contributed by atoms with Crippen molar-refractivity contribution in [3.63, 3.8) is 0 Å². The molecule has 1 aromatic heterocycles. The third-order valence-corrected chi connectivity index (χ3v) is 6.71. The first kappa shape index (κ1) is 31.9. The van der Waals surface area contributed by atoms with E-state index in [1.54, 1.807) is 0 Å². The highest BCUT2D eigenvalue weighted by molar-refractivity contribution is 5.95. The molecular formula is C32H18F7NO6. The van der Waals surface area contributed by atoms with Gasteiger partial charge in [0.05, 0.1) is 39.9 Å². The van der Waals surface area contributed by atoms with Crippen LogP contribution in [0.4, 0.5) is 30.7 Å². The van der Waals surface area contributed by atoms with Gasteiger partial charge in [0.2, 0.25) is 0 Å². The second kappa shape index (κ2) is 12.1. The predicted octanol–water partition coefficient (Wildman–Crippen LogP) is 7.10. The van der Waals surface area contributed by atoms with Gasteiger partial charge in [-0.3, -0.25) is 9.36 Å². The molecule has 1 heterocycles. The molecular weight excluding hydrogens is 627 g/mol.